The van der Waals surface area contributed by atoms with Crippen LogP contribution in [0.2, 0.25) is 0 Å². The van der Waals surface area contributed by atoms with Crippen molar-refractivity contribution in [1.29, 1.82) is 10.5 Å². The zero-order valence-electron chi connectivity index (χ0n) is 5.88. The molecular weight excluding hydrogens is 124 g/mol. The molecular formula is C8H10N2. The van der Waals surface area contributed by atoms with Crippen molar-refractivity contribution in [1.82, 2.24) is 0 Å². The number of allylic oxidation sites excluding steroid dienone is 2. The van der Waals surface area contributed by atoms with Crippen LogP contribution in [0.5, 0.6) is 0 Å². The molecule has 52 valence electrons. The first-order chi connectivity index (χ1) is 4.91. The van der Waals surface area contributed by atoms with E-state index in [1.807, 2.05) is 24.3 Å². The molecule has 0 aromatic rings. The van der Waals surface area contributed by atoms with Crippen molar-refractivity contribution in [3.8, 4) is 12.1 Å². The van der Waals surface area contributed by atoms with Crippen LogP contribution in [0.4, 0.5) is 0 Å². The van der Waals surface area contributed by atoms with Crippen molar-refractivity contribution in [3.63, 3.8) is 0 Å². The Hall–Kier alpha value is -1.28. The first kappa shape index (κ1) is 8.72. The largest absolute Gasteiger partial charge is 0.198 e. The van der Waals surface area contributed by atoms with Crippen LogP contribution in [-0.2, 0) is 0 Å². The van der Waals surface area contributed by atoms with Gasteiger partial charge >= 0.3 is 0 Å². The monoisotopic (exact) mass is 134 g/mol. The fraction of sp³-hybridized carbons (Fsp3) is 0.500. The molecule has 0 saturated carbocycles. The lowest BCUT2D eigenvalue weighted by Gasteiger charge is -1.81. The van der Waals surface area contributed by atoms with Gasteiger partial charge in [-0.05, 0) is 12.8 Å². The lowest BCUT2D eigenvalue weighted by Crippen LogP contribution is -1.66. The Balaban J connectivity index is 3.08. The standard InChI is InChI=1S/C8H10N2/c9-7-5-3-1-2-4-6-8-10/h1-2H,3-6H2/b2-1+. The quantitative estimate of drug-likeness (QED) is 0.437. The van der Waals surface area contributed by atoms with Gasteiger partial charge in [0, 0.05) is 12.8 Å². The highest BCUT2D eigenvalue weighted by atomic mass is 14.2. The van der Waals surface area contributed by atoms with Crippen LogP contribution >= 0.6 is 0 Å². The van der Waals surface area contributed by atoms with Gasteiger partial charge in [-0.25, -0.2) is 0 Å². The average molecular weight is 134 g/mol. The fourth-order valence-electron chi connectivity index (χ4n) is 0.531. The molecule has 0 atom stereocenters. The van der Waals surface area contributed by atoms with Crippen LogP contribution in [0.3, 0.4) is 0 Å². The van der Waals surface area contributed by atoms with E-state index in [1.165, 1.54) is 0 Å². The average Bonchev–Trinajstić information content (AvgIpc) is 1.97. The molecule has 0 radical (unpaired) electrons. The smallest absolute Gasteiger partial charge is 0.0624 e. The summed E-state index contributed by atoms with van der Waals surface area (Å²) in [5, 5.41) is 16.3. The first-order valence-electron chi connectivity index (χ1n) is 3.30. The Morgan fingerprint density at radius 1 is 0.900 bits per heavy atom. The van der Waals surface area contributed by atoms with Crippen LogP contribution in [0.15, 0.2) is 12.2 Å². The molecule has 0 aromatic carbocycles. The molecule has 0 fully saturated rings. The van der Waals surface area contributed by atoms with Crippen LogP contribution in [0.1, 0.15) is 25.7 Å². The van der Waals surface area contributed by atoms with E-state index in [0.717, 1.165) is 12.8 Å². The van der Waals surface area contributed by atoms with Crippen LogP contribution in [-0.4, -0.2) is 0 Å². The lowest BCUT2D eigenvalue weighted by atomic mass is 10.2. The Bertz CT molecular complexity index is 149. The maximum absolute atomic E-state index is 8.13. The molecule has 10 heavy (non-hydrogen) atoms. The van der Waals surface area contributed by atoms with Gasteiger partial charge in [0.2, 0.25) is 0 Å². The molecule has 0 spiro atoms. The first-order valence-corrected chi connectivity index (χ1v) is 3.30. The van der Waals surface area contributed by atoms with E-state index in [1.54, 1.807) is 0 Å². The van der Waals surface area contributed by atoms with Crippen LogP contribution in [0.25, 0.3) is 0 Å². The van der Waals surface area contributed by atoms with Gasteiger partial charge in [-0.1, -0.05) is 12.2 Å². The minimum Gasteiger partial charge on any atom is -0.198 e. The molecule has 0 aliphatic rings. The maximum atomic E-state index is 8.13. The van der Waals surface area contributed by atoms with Gasteiger partial charge in [-0.15, -0.1) is 0 Å². The minimum absolute atomic E-state index is 0.572. The zero-order valence-corrected chi connectivity index (χ0v) is 5.88. The van der Waals surface area contributed by atoms with Gasteiger partial charge in [0.25, 0.3) is 0 Å². The summed E-state index contributed by atoms with van der Waals surface area (Å²) in [5.41, 5.74) is 0. The highest BCUT2D eigenvalue weighted by molar-refractivity contribution is 4.87. The highest BCUT2D eigenvalue weighted by Crippen LogP contribution is 1.93. The molecule has 0 aromatic heterocycles. The SMILES string of the molecule is N#CCC/C=C/CCC#N. The Labute approximate surface area is 61.4 Å². The summed E-state index contributed by atoms with van der Waals surface area (Å²) in [4.78, 5) is 0. The summed E-state index contributed by atoms with van der Waals surface area (Å²) in [6.07, 6.45) is 6.65. The summed E-state index contributed by atoms with van der Waals surface area (Å²) in [6.45, 7) is 0. The predicted octanol–water partition coefficient (Wildman–Crippen LogP) is 2.15. The van der Waals surface area contributed by atoms with Crippen molar-refractivity contribution in [2.75, 3.05) is 0 Å². The van der Waals surface area contributed by atoms with Gasteiger partial charge in [-0.3, -0.25) is 0 Å². The molecule has 0 saturated heterocycles. The van der Waals surface area contributed by atoms with E-state index in [0.29, 0.717) is 12.8 Å². The second-order valence-corrected chi connectivity index (χ2v) is 1.86. The molecule has 2 nitrogen and oxygen atoms in total. The minimum atomic E-state index is 0.572. The second-order valence-electron chi connectivity index (χ2n) is 1.86. The summed E-state index contributed by atoms with van der Waals surface area (Å²) < 4.78 is 0. The Morgan fingerprint density at radius 3 is 1.60 bits per heavy atom. The Kier molecular flexibility index (Phi) is 6.73. The lowest BCUT2D eigenvalue weighted by molar-refractivity contribution is 1.01. The maximum Gasteiger partial charge on any atom is 0.0624 e. The van der Waals surface area contributed by atoms with E-state index in [4.69, 9.17) is 10.5 Å². The molecule has 0 aliphatic heterocycles. The van der Waals surface area contributed by atoms with E-state index >= 15 is 0 Å². The van der Waals surface area contributed by atoms with Crippen molar-refractivity contribution in [2.24, 2.45) is 0 Å². The van der Waals surface area contributed by atoms with E-state index in [9.17, 15) is 0 Å². The summed E-state index contributed by atoms with van der Waals surface area (Å²) in [6, 6.07) is 4.08. The van der Waals surface area contributed by atoms with Crippen LogP contribution in [0, 0.1) is 22.7 Å². The second kappa shape index (κ2) is 7.72. The van der Waals surface area contributed by atoms with Crippen molar-refractivity contribution in [3.05, 3.63) is 12.2 Å². The molecule has 0 heterocycles. The van der Waals surface area contributed by atoms with Crippen molar-refractivity contribution >= 4 is 0 Å². The van der Waals surface area contributed by atoms with Gasteiger partial charge in [0.1, 0.15) is 0 Å². The third kappa shape index (κ3) is 6.72. The highest BCUT2D eigenvalue weighted by Gasteiger charge is 1.78. The number of nitriles is 2. The normalized spacial score (nSPS) is 9.00. The molecule has 0 unspecified atom stereocenters. The molecule has 0 amide bonds. The Morgan fingerprint density at radius 2 is 1.30 bits per heavy atom. The zero-order chi connectivity index (χ0) is 7.66. The fourth-order valence-corrected chi connectivity index (χ4v) is 0.531. The van der Waals surface area contributed by atoms with Crippen LogP contribution < -0.4 is 0 Å². The van der Waals surface area contributed by atoms with Crippen molar-refractivity contribution in [2.45, 2.75) is 25.7 Å². The molecule has 0 aliphatic carbocycles. The molecule has 0 N–H and O–H groups in total. The molecule has 0 rings (SSSR count). The van der Waals surface area contributed by atoms with Gasteiger partial charge in [0.05, 0.1) is 12.1 Å². The number of nitrogens with zero attached hydrogens (tertiary/aromatic N) is 2. The van der Waals surface area contributed by atoms with Gasteiger partial charge < -0.3 is 0 Å². The molecule has 2 heteroatoms. The summed E-state index contributed by atoms with van der Waals surface area (Å²) in [5.74, 6) is 0. The van der Waals surface area contributed by atoms with E-state index < -0.39 is 0 Å². The molecule has 0 bridgehead atoms. The number of unbranched alkanes of at least 4 members (excludes halogenated alkanes) is 2. The van der Waals surface area contributed by atoms with E-state index in [2.05, 4.69) is 0 Å². The van der Waals surface area contributed by atoms with E-state index in [-0.39, 0.29) is 0 Å². The van der Waals surface area contributed by atoms with Gasteiger partial charge in [0.15, 0.2) is 0 Å². The third-order valence-corrected chi connectivity index (χ3v) is 1.01. The number of hydrogen-bond donors (Lipinski definition) is 0. The summed E-state index contributed by atoms with van der Waals surface area (Å²) in [7, 11) is 0. The summed E-state index contributed by atoms with van der Waals surface area (Å²) >= 11 is 0. The number of rotatable bonds is 4. The topological polar surface area (TPSA) is 47.6 Å². The van der Waals surface area contributed by atoms with Gasteiger partial charge in [-0.2, -0.15) is 10.5 Å². The predicted molar refractivity (Wildman–Crippen MR) is 38.8 cm³/mol. The van der Waals surface area contributed by atoms with Crippen molar-refractivity contribution < 1.29 is 0 Å². The third-order valence-electron chi connectivity index (χ3n) is 1.01. The number of hydrogen-bond acceptors (Lipinski definition) is 2.